The quantitative estimate of drug-likeness (QED) is 0.818. The van der Waals surface area contributed by atoms with E-state index in [0.717, 1.165) is 68.7 Å². The van der Waals surface area contributed by atoms with Crippen molar-refractivity contribution in [3.63, 3.8) is 0 Å². The average molecular weight is 423 g/mol. The number of benzene rings is 1. The zero-order valence-electron chi connectivity index (χ0n) is 18.2. The molecule has 5 rings (SSSR count). The smallest absolute Gasteiger partial charge is 0.255 e. The Balaban J connectivity index is 1.31. The highest BCUT2D eigenvalue weighted by Crippen LogP contribution is 2.44. The number of likely N-dealkylation sites (tertiary alicyclic amines) is 1. The maximum atomic E-state index is 12.9. The van der Waals surface area contributed by atoms with Crippen molar-refractivity contribution in [2.24, 2.45) is 0 Å². The molecule has 1 spiro atoms. The van der Waals surface area contributed by atoms with Crippen LogP contribution in [0.2, 0.25) is 0 Å². The van der Waals surface area contributed by atoms with Crippen molar-refractivity contribution in [1.82, 2.24) is 14.9 Å². The average Bonchev–Trinajstić information content (AvgIpc) is 3.13. The first-order chi connectivity index (χ1) is 15.0. The molecule has 3 heterocycles. The fourth-order valence-electron chi connectivity index (χ4n) is 5.34. The minimum atomic E-state index is -0.0786. The standard InChI is InChI=1S/C24H30N4O3/c1-17-3-2-4-18(15-17)16-20(29)27-9-7-24(8-10-27)6-5-19-21(24)25-23(26-22(19)30)28-11-13-31-14-12-28/h2-4,15H,5-14,16H2,1H3,(H,25,26,30). The molecular formula is C24H30N4O3. The normalized spacial score (nSPS) is 20.2. The van der Waals surface area contributed by atoms with Crippen molar-refractivity contribution in [3.8, 4) is 0 Å². The topological polar surface area (TPSA) is 78.5 Å². The number of anilines is 1. The van der Waals surface area contributed by atoms with Gasteiger partial charge in [0.2, 0.25) is 11.9 Å². The summed E-state index contributed by atoms with van der Waals surface area (Å²) in [6, 6.07) is 8.16. The van der Waals surface area contributed by atoms with Crippen LogP contribution >= 0.6 is 0 Å². The van der Waals surface area contributed by atoms with Gasteiger partial charge in [-0.05, 0) is 38.2 Å². The Morgan fingerprint density at radius 3 is 2.68 bits per heavy atom. The summed E-state index contributed by atoms with van der Waals surface area (Å²) < 4.78 is 5.44. The van der Waals surface area contributed by atoms with Crippen LogP contribution in [-0.4, -0.2) is 60.2 Å². The molecule has 0 radical (unpaired) electrons. The third-order valence-electron chi connectivity index (χ3n) is 7.18. The highest BCUT2D eigenvalue weighted by atomic mass is 16.5. The zero-order valence-corrected chi connectivity index (χ0v) is 18.2. The molecule has 31 heavy (non-hydrogen) atoms. The predicted octanol–water partition coefficient (Wildman–Crippen LogP) is 1.96. The molecule has 1 aromatic heterocycles. The van der Waals surface area contributed by atoms with E-state index in [1.54, 1.807) is 0 Å². The number of aryl methyl sites for hydroxylation is 1. The molecule has 1 aromatic carbocycles. The number of H-pyrrole nitrogens is 1. The number of aromatic amines is 1. The van der Waals surface area contributed by atoms with Gasteiger partial charge in [0, 0.05) is 37.2 Å². The van der Waals surface area contributed by atoms with E-state index < -0.39 is 0 Å². The molecule has 2 saturated heterocycles. The molecule has 1 amide bonds. The van der Waals surface area contributed by atoms with Crippen molar-refractivity contribution in [1.29, 1.82) is 0 Å². The van der Waals surface area contributed by atoms with Crippen LogP contribution in [0.15, 0.2) is 29.1 Å². The number of aromatic nitrogens is 2. The van der Waals surface area contributed by atoms with E-state index in [1.165, 1.54) is 5.56 Å². The monoisotopic (exact) mass is 422 g/mol. The first-order valence-electron chi connectivity index (χ1n) is 11.3. The summed E-state index contributed by atoms with van der Waals surface area (Å²) in [5, 5.41) is 0. The molecule has 1 N–H and O–H groups in total. The number of nitrogens with zero attached hydrogens (tertiary/aromatic N) is 3. The largest absolute Gasteiger partial charge is 0.378 e. The molecule has 2 aliphatic heterocycles. The van der Waals surface area contributed by atoms with Gasteiger partial charge in [-0.2, -0.15) is 0 Å². The summed E-state index contributed by atoms with van der Waals surface area (Å²) in [7, 11) is 0. The molecule has 164 valence electrons. The van der Waals surface area contributed by atoms with Gasteiger partial charge in [-0.3, -0.25) is 14.6 Å². The van der Waals surface area contributed by atoms with Gasteiger partial charge >= 0.3 is 0 Å². The van der Waals surface area contributed by atoms with E-state index >= 15 is 0 Å². The number of hydrogen-bond donors (Lipinski definition) is 1. The van der Waals surface area contributed by atoms with Gasteiger partial charge < -0.3 is 14.5 Å². The second-order valence-electron chi connectivity index (χ2n) is 9.14. The second kappa shape index (κ2) is 8.11. The fraction of sp³-hybridized carbons (Fsp3) is 0.542. The minimum Gasteiger partial charge on any atom is -0.378 e. The van der Waals surface area contributed by atoms with Gasteiger partial charge in [0.05, 0.1) is 25.3 Å². The molecular weight excluding hydrogens is 392 g/mol. The Hall–Kier alpha value is -2.67. The Labute approximate surface area is 182 Å². The van der Waals surface area contributed by atoms with Crippen LogP contribution in [0.3, 0.4) is 0 Å². The Morgan fingerprint density at radius 2 is 1.94 bits per heavy atom. The van der Waals surface area contributed by atoms with Crippen LogP contribution in [0.4, 0.5) is 5.95 Å². The number of piperidine rings is 1. The van der Waals surface area contributed by atoms with E-state index in [0.29, 0.717) is 25.6 Å². The van der Waals surface area contributed by atoms with E-state index in [2.05, 4.69) is 28.9 Å². The number of morpholine rings is 1. The first kappa shape index (κ1) is 20.2. The first-order valence-corrected chi connectivity index (χ1v) is 11.3. The number of ether oxygens (including phenoxy) is 1. The zero-order chi connectivity index (χ0) is 21.4. The predicted molar refractivity (Wildman–Crippen MR) is 119 cm³/mol. The molecule has 1 aliphatic carbocycles. The minimum absolute atomic E-state index is 0.00122. The van der Waals surface area contributed by atoms with Crippen LogP contribution in [0.25, 0.3) is 0 Å². The lowest BCUT2D eigenvalue weighted by molar-refractivity contribution is -0.132. The molecule has 2 aromatic rings. The fourth-order valence-corrected chi connectivity index (χ4v) is 5.34. The van der Waals surface area contributed by atoms with E-state index in [9.17, 15) is 9.59 Å². The molecule has 2 fully saturated rings. The van der Waals surface area contributed by atoms with Crippen LogP contribution < -0.4 is 10.5 Å². The van der Waals surface area contributed by atoms with Crippen LogP contribution in [0.1, 0.15) is 41.6 Å². The lowest BCUT2D eigenvalue weighted by Gasteiger charge is -2.39. The van der Waals surface area contributed by atoms with Gasteiger partial charge in [0.1, 0.15) is 0 Å². The van der Waals surface area contributed by atoms with Gasteiger partial charge in [0.15, 0.2) is 0 Å². The van der Waals surface area contributed by atoms with E-state index in [-0.39, 0.29) is 16.9 Å². The molecule has 0 atom stereocenters. The highest BCUT2D eigenvalue weighted by molar-refractivity contribution is 5.79. The number of rotatable bonds is 3. The number of carbonyl (C=O) groups is 1. The summed E-state index contributed by atoms with van der Waals surface area (Å²) in [4.78, 5) is 37.7. The molecule has 0 unspecified atom stereocenters. The van der Waals surface area contributed by atoms with Gasteiger partial charge in [-0.25, -0.2) is 4.98 Å². The molecule has 0 saturated carbocycles. The highest BCUT2D eigenvalue weighted by Gasteiger charge is 2.44. The number of fused-ring (bicyclic) bond motifs is 2. The van der Waals surface area contributed by atoms with Crippen LogP contribution in [0, 0.1) is 6.92 Å². The van der Waals surface area contributed by atoms with Crippen LogP contribution in [-0.2, 0) is 27.8 Å². The lowest BCUT2D eigenvalue weighted by atomic mass is 9.76. The number of amides is 1. The lowest BCUT2D eigenvalue weighted by Crippen LogP contribution is -2.45. The molecule has 3 aliphatic rings. The van der Waals surface area contributed by atoms with Crippen molar-refractivity contribution in [3.05, 3.63) is 57.0 Å². The Morgan fingerprint density at radius 1 is 1.16 bits per heavy atom. The van der Waals surface area contributed by atoms with E-state index in [1.807, 2.05) is 17.0 Å². The summed E-state index contributed by atoms with van der Waals surface area (Å²) in [6.07, 6.45) is 3.92. The van der Waals surface area contributed by atoms with Gasteiger partial charge in [0.25, 0.3) is 5.56 Å². The summed E-state index contributed by atoms with van der Waals surface area (Å²) >= 11 is 0. The van der Waals surface area contributed by atoms with Crippen molar-refractivity contribution < 1.29 is 9.53 Å². The Bertz CT molecular complexity index is 1030. The third-order valence-corrected chi connectivity index (χ3v) is 7.18. The second-order valence-corrected chi connectivity index (χ2v) is 9.14. The van der Waals surface area contributed by atoms with Gasteiger partial charge in [-0.1, -0.05) is 29.8 Å². The van der Waals surface area contributed by atoms with Crippen molar-refractivity contribution in [2.45, 2.75) is 44.4 Å². The summed E-state index contributed by atoms with van der Waals surface area (Å²) in [5.74, 6) is 0.859. The van der Waals surface area contributed by atoms with Gasteiger partial charge in [-0.15, -0.1) is 0 Å². The molecule has 0 bridgehead atoms. The van der Waals surface area contributed by atoms with E-state index in [4.69, 9.17) is 9.72 Å². The van der Waals surface area contributed by atoms with Crippen molar-refractivity contribution in [2.75, 3.05) is 44.3 Å². The third kappa shape index (κ3) is 3.87. The number of nitrogens with one attached hydrogen (secondary N) is 1. The van der Waals surface area contributed by atoms with Crippen LogP contribution in [0.5, 0.6) is 0 Å². The number of carbonyl (C=O) groups excluding carboxylic acids is 1. The summed E-state index contributed by atoms with van der Waals surface area (Å²) in [6.45, 7) is 6.31. The van der Waals surface area contributed by atoms with Crippen molar-refractivity contribution >= 4 is 11.9 Å². The maximum Gasteiger partial charge on any atom is 0.255 e. The molecule has 7 heteroatoms. The number of hydrogen-bond acceptors (Lipinski definition) is 5. The summed E-state index contributed by atoms with van der Waals surface area (Å²) in [5.41, 5.74) is 3.99. The Kier molecular flexibility index (Phi) is 5.30. The maximum absolute atomic E-state index is 12.9. The SMILES string of the molecule is Cc1cccc(CC(=O)N2CCC3(CCc4c3nc(N3CCOCC3)[nH]c4=O)CC2)c1. The molecule has 7 nitrogen and oxygen atoms in total.